The number of rotatable bonds is 3. The Labute approximate surface area is 107 Å². The highest BCUT2D eigenvalue weighted by molar-refractivity contribution is 5.70. The molecule has 0 radical (unpaired) electrons. The summed E-state index contributed by atoms with van der Waals surface area (Å²) in [4.78, 5) is 0. The smallest absolute Gasteiger partial charge is 0.124 e. The molecule has 1 N–H and O–H groups in total. The SMILES string of the molecule is CC(C)Cc1cccc(-c2cc(F)ccc2O)c1. The summed E-state index contributed by atoms with van der Waals surface area (Å²) >= 11 is 0. The summed E-state index contributed by atoms with van der Waals surface area (Å²) in [6.07, 6.45) is 0.976. The van der Waals surface area contributed by atoms with Crippen LogP contribution >= 0.6 is 0 Å². The Hall–Kier alpha value is -1.83. The van der Waals surface area contributed by atoms with Crippen LogP contribution in [0.25, 0.3) is 11.1 Å². The van der Waals surface area contributed by atoms with Gasteiger partial charge in [0, 0.05) is 5.56 Å². The second kappa shape index (κ2) is 5.21. The van der Waals surface area contributed by atoms with Crippen LogP contribution in [0, 0.1) is 11.7 Å². The average Bonchev–Trinajstić information content (AvgIpc) is 2.32. The predicted molar refractivity (Wildman–Crippen MR) is 72.0 cm³/mol. The highest BCUT2D eigenvalue weighted by Crippen LogP contribution is 2.30. The third-order valence-electron chi connectivity index (χ3n) is 2.84. The maximum absolute atomic E-state index is 13.2. The van der Waals surface area contributed by atoms with Crippen LogP contribution in [0.5, 0.6) is 5.75 Å². The fraction of sp³-hybridized carbons (Fsp3) is 0.250. The zero-order valence-corrected chi connectivity index (χ0v) is 10.7. The summed E-state index contributed by atoms with van der Waals surface area (Å²) in [6, 6.07) is 11.9. The first-order chi connectivity index (χ1) is 8.56. The molecule has 0 aliphatic rings. The minimum absolute atomic E-state index is 0.109. The second-order valence-electron chi connectivity index (χ2n) is 4.96. The zero-order valence-electron chi connectivity index (χ0n) is 10.7. The van der Waals surface area contributed by atoms with Gasteiger partial charge in [-0.05, 0) is 41.7 Å². The van der Waals surface area contributed by atoms with E-state index in [4.69, 9.17) is 0 Å². The van der Waals surface area contributed by atoms with Crippen molar-refractivity contribution in [3.63, 3.8) is 0 Å². The molecule has 2 aromatic carbocycles. The first-order valence-corrected chi connectivity index (χ1v) is 6.14. The van der Waals surface area contributed by atoms with Gasteiger partial charge in [-0.3, -0.25) is 0 Å². The summed E-state index contributed by atoms with van der Waals surface area (Å²) in [6.45, 7) is 4.32. The van der Waals surface area contributed by atoms with Crippen LogP contribution in [-0.2, 0) is 6.42 Å². The number of halogens is 1. The Bertz CT molecular complexity index is 547. The van der Waals surface area contributed by atoms with Crippen molar-refractivity contribution in [1.29, 1.82) is 0 Å². The molecule has 0 heterocycles. The van der Waals surface area contributed by atoms with E-state index in [1.807, 2.05) is 18.2 Å². The van der Waals surface area contributed by atoms with Crippen molar-refractivity contribution in [2.45, 2.75) is 20.3 Å². The van der Waals surface area contributed by atoms with Crippen LogP contribution in [0.3, 0.4) is 0 Å². The number of benzene rings is 2. The summed E-state index contributed by atoms with van der Waals surface area (Å²) in [7, 11) is 0. The monoisotopic (exact) mass is 244 g/mol. The average molecular weight is 244 g/mol. The van der Waals surface area contributed by atoms with E-state index in [-0.39, 0.29) is 11.6 Å². The van der Waals surface area contributed by atoms with Crippen LogP contribution in [-0.4, -0.2) is 5.11 Å². The Balaban J connectivity index is 2.41. The van der Waals surface area contributed by atoms with Crippen molar-refractivity contribution in [3.05, 3.63) is 53.8 Å². The van der Waals surface area contributed by atoms with E-state index >= 15 is 0 Å². The number of aromatic hydroxyl groups is 1. The molecule has 0 saturated carbocycles. The van der Waals surface area contributed by atoms with Gasteiger partial charge >= 0.3 is 0 Å². The van der Waals surface area contributed by atoms with Gasteiger partial charge in [0.05, 0.1) is 0 Å². The lowest BCUT2D eigenvalue weighted by atomic mass is 9.97. The highest BCUT2D eigenvalue weighted by Gasteiger charge is 2.07. The first kappa shape index (κ1) is 12.6. The van der Waals surface area contributed by atoms with Crippen molar-refractivity contribution in [2.24, 2.45) is 5.92 Å². The maximum atomic E-state index is 13.2. The number of phenols is 1. The molecule has 0 aliphatic carbocycles. The molecule has 2 heteroatoms. The molecule has 1 nitrogen and oxygen atoms in total. The van der Waals surface area contributed by atoms with E-state index in [1.165, 1.54) is 23.8 Å². The lowest BCUT2D eigenvalue weighted by Crippen LogP contribution is -1.94. The van der Waals surface area contributed by atoms with E-state index < -0.39 is 0 Å². The first-order valence-electron chi connectivity index (χ1n) is 6.14. The summed E-state index contributed by atoms with van der Waals surface area (Å²) in [5, 5.41) is 9.79. The molecule has 0 spiro atoms. The molecular weight excluding hydrogens is 227 g/mol. The van der Waals surface area contributed by atoms with Crippen molar-refractivity contribution in [2.75, 3.05) is 0 Å². The molecule has 0 saturated heterocycles. The van der Waals surface area contributed by atoms with Gasteiger partial charge in [0.25, 0.3) is 0 Å². The van der Waals surface area contributed by atoms with Crippen molar-refractivity contribution in [3.8, 4) is 16.9 Å². The summed E-state index contributed by atoms with van der Waals surface area (Å²) in [5.74, 6) is 0.344. The molecule has 0 amide bonds. The van der Waals surface area contributed by atoms with Crippen LogP contribution in [0.1, 0.15) is 19.4 Å². The Kier molecular flexibility index (Phi) is 3.66. The number of phenolic OH excluding ortho intramolecular Hbond substituents is 1. The molecule has 2 aromatic rings. The van der Waals surface area contributed by atoms with E-state index in [2.05, 4.69) is 19.9 Å². The van der Waals surface area contributed by atoms with Crippen molar-refractivity contribution in [1.82, 2.24) is 0 Å². The predicted octanol–water partition coefficient (Wildman–Crippen LogP) is 4.40. The fourth-order valence-corrected chi connectivity index (χ4v) is 2.08. The molecule has 0 unspecified atom stereocenters. The maximum Gasteiger partial charge on any atom is 0.124 e. The van der Waals surface area contributed by atoms with Crippen LogP contribution < -0.4 is 0 Å². The van der Waals surface area contributed by atoms with Gasteiger partial charge in [0.1, 0.15) is 11.6 Å². The second-order valence-corrected chi connectivity index (χ2v) is 4.96. The largest absolute Gasteiger partial charge is 0.507 e. The summed E-state index contributed by atoms with van der Waals surface area (Å²) < 4.78 is 13.2. The quantitative estimate of drug-likeness (QED) is 0.848. The van der Waals surface area contributed by atoms with E-state index in [1.54, 1.807) is 0 Å². The van der Waals surface area contributed by atoms with Crippen LogP contribution in [0.2, 0.25) is 0 Å². The number of hydrogen-bond acceptors (Lipinski definition) is 1. The van der Waals surface area contributed by atoms with Crippen molar-refractivity contribution < 1.29 is 9.50 Å². The van der Waals surface area contributed by atoms with Gasteiger partial charge in [-0.15, -0.1) is 0 Å². The van der Waals surface area contributed by atoms with Crippen LogP contribution in [0.15, 0.2) is 42.5 Å². The van der Waals surface area contributed by atoms with E-state index in [0.29, 0.717) is 11.5 Å². The molecule has 0 fully saturated rings. The third kappa shape index (κ3) is 2.89. The van der Waals surface area contributed by atoms with Gasteiger partial charge in [-0.1, -0.05) is 38.1 Å². The molecule has 0 bridgehead atoms. The minimum atomic E-state index is -0.336. The van der Waals surface area contributed by atoms with Crippen molar-refractivity contribution >= 4 is 0 Å². The molecular formula is C16H17FO. The van der Waals surface area contributed by atoms with E-state index in [9.17, 15) is 9.50 Å². The van der Waals surface area contributed by atoms with Gasteiger partial charge in [0.2, 0.25) is 0 Å². The molecule has 18 heavy (non-hydrogen) atoms. The van der Waals surface area contributed by atoms with Gasteiger partial charge in [-0.2, -0.15) is 0 Å². The summed E-state index contributed by atoms with van der Waals surface area (Å²) in [5.41, 5.74) is 2.59. The molecule has 2 rings (SSSR count). The van der Waals surface area contributed by atoms with Gasteiger partial charge < -0.3 is 5.11 Å². The lowest BCUT2D eigenvalue weighted by molar-refractivity contribution is 0.475. The van der Waals surface area contributed by atoms with Gasteiger partial charge in [0.15, 0.2) is 0 Å². The zero-order chi connectivity index (χ0) is 13.1. The van der Waals surface area contributed by atoms with Crippen LogP contribution in [0.4, 0.5) is 4.39 Å². The fourth-order valence-electron chi connectivity index (χ4n) is 2.08. The molecule has 94 valence electrons. The molecule has 0 aromatic heterocycles. The Morgan fingerprint density at radius 1 is 1.11 bits per heavy atom. The normalized spacial score (nSPS) is 10.9. The topological polar surface area (TPSA) is 20.2 Å². The third-order valence-corrected chi connectivity index (χ3v) is 2.84. The number of hydrogen-bond donors (Lipinski definition) is 1. The van der Waals surface area contributed by atoms with E-state index in [0.717, 1.165) is 12.0 Å². The van der Waals surface area contributed by atoms with Gasteiger partial charge in [-0.25, -0.2) is 4.39 Å². The Morgan fingerprint density at radius 3 is 2.61 bits per heavy atom. The standard InChI is InChI=1S/C16H17FO/c1-11(2)8-12-4-3-5-13(9-12)15-10-14(17)6-7-16(15)18/h3-7,9-11,18H,8H2,1-2H3. The molecule has 0 atom stereocenters. The highest BCUT2D eigenvalue weighted by atomic mass is 19.1. The minimum Gasteiger partial charge on any atom is -0.507 e. The lowest BCUT2D eigenvalue weighted by Gasteiger charge is -2.09. The molecule has 0 aliphatic heterocycles. The Morgan fingerprint density at radius 2 is 1.89 bits per heavy atom.